The van der Waals surface area contributed by atoms with Gasteiger partial charge in [-0.25, -0.2) is 0 Å². The quantitative estimate of drug-likeness (QED) is 0.0671. The maximum Gasteiger partial charge on any atom is 0.270 e. The van der Waals surface area contributed by atoms with E-state index in [-0.39, 0.29) is 100 Å². The van der Waals surface area contributed by atoms with Gasteiger partial charge in [-0.15, -0.1) is 0 Å². The number of hydrogen-bond acceptors (Lipinski definition) is 14. The zero-order chi connectivity index (χ0) is 41.9. The van der Waals surface area contributed by atoms with Crippen molar-refractivity contribution in [2.45, 2.75) is 115 Å². The van der Waals surface area contributed by atoms with Crippen LogP contribution in [0.25, 0.3) is 0 Å². The molecule has 326 valence electrons. The molecule has 20 atom stereocenters. The number of aliphatic hydroxyl groups excluding tert-OH is 8. The van der Waals surface area contributed by atoms with Gasteiger partial charge in [0.1, 0.15) is 12.1 Å². The molecule has 0 aliphatic heterocycles. The minimum Gasteiger partial charge on any atom is -0.396 e. The van der Waals surface area contributed by atoms with Crippen molar-refractivity contribution in [3.05, 3.63) is 0 Å². The SMILES string of the molecule is C=[OH+].CCC1CC(C)C(COCC2CC(CO)C(COCC3CC(C=O)C(COCC4CC(CC(C)=O)C(O)C(OC)C4C)C(O)C3O)C(O)C2O)C(O)C1O. The van der Waals surface area contributed by atoms with Crippen molar-refractivity contribution in [2.24, 2.45) is 71.0 Å². The highest BCUT2D eigenvalue weighted by Crippen LogP contribution is 2.41. The predicted octanol–water partition coefficient (Wildman–Crippen LogP) is -0.00230. The second-order valence-electron chi connectivity index (χ2n) is 17.4. The highest BCUT2D eigenvalue weighted by Gasteiger charge is 2.47. The Morgan fingerprint density at radius 1 is 0.643 bits per heavy atom. The lowest BCUT2D eigenvalue weighted by molar-refractivity contribution is -0.161. The molecular formula is C41H73O15+. The van der Waals surface area contributed by atoms with Gasteiger partial charge in [0.2, 0.25) is 0 Å². The molecule has 0 heterocycles. The van der Waals surface area contributed by atoms with E-state index in [1.54, 1.807) is 0 Å². The van der Waals surface area contributed by atoms with Crippen molar-refractivity contribution < 1.29 is 74.2 Å². The summed E-state index contributed by atoms with van der Waals surface area (Å²) in [5, 5.41) is 86.6. The first-order valence-electron chi connectivity index (χ1n) is 20.6. The zero-order valence-electron chi connectivity index (χ0n) is 34.0. The molecule has 0 aromatic rings. The number of rotatable bonds is 18. The van der Waals surface area contributed by atoms with Gasteiger partial charge in [0, 0.05) is 62.3 Å². The Kier molecular flexibility index (Phi) is 20.4. The van der Waals surface area contributed by atoms with Crippen LogP contribution in [-0.2, 0) is 28.5 Å². The van der Waals surface area contributed by atoms with Gasteiger partial charge >= 0.3 is 0 Å². The van der Waals surface area contributed by atoms with Gasteiger partial charge < -0.3 is 69.4 Å². The molecular weight excluding hydrogens is 732 g/mol. The van der Waals surface area contributed by atoms with Crippen LogP contribution in [0.3, 0.4) is 0 Å². The first kappa shape index (κ1) is 48.9. The van der Waals surface area contributed by atoms with Gasteiger partial charge in [-0.2, -0.15) is 0 Å². The van der Waals surface area contributed by atoms with Gasteiger partial charge in [0.15, 0.2) is 0 Å². The van der Waals surface area contributed by atoms with E-state index in [1.807, 2.05) is 20.8 Å². The number of hydrogen-bond donors (Lipinski definition) is 8. The van der Waals surface area contributed by atoms with Crippen LogP contribution in [0.2, 0.25) is 0 Å². The first-order chi connectivity index (χ1) is 26.7. The van der Waals surface area contributed by atoms with E-state index in [0.717, 1.165) is 19.1 Å². The molecule has 4 fully saturated rings. The van der Waals surface area contributed by atoms with E-state index in [4.69, 9.17) is 23.7 Å². The van der Waals surface area contributed by atoms with E-state index >= 15 is 0 Å². The minimum absolute atomic E-state index is 0.00928. The number of ether oxygens (including phenoxy) is 4. The molecule has 0 bridgehead atoms. The molecule has 15 nitrogen and oxygen atoms in total. The van der Waals surface area contributed by atoms with Gasteiger partial charge in [-0.05, 0) is 68.1 Å². The monoisotopic (exact) mass is 805 g/mol. The first-order valence-corrected chi connectivity index (χ1v) is 20.6. The lowest BCUT2D eigenvalue weighted by Gasteiger charge is -2.44. The molecule has 0 saturated heterocycles. The van der Waals surface area contributed by atoms with Crippen molar-refractivity contribution in [1.82, 2.24) is 0 Å². The van der Waals surface area contributed by atoms with Crippen LogP contribution in [0.15, 0.2) is 0 Å². The topological polar surface area (TPSA) is 254 Å². The Bertz CT molecular complexity index is 1160. The third-order valence-electron chi connectivity index (χ3n) is 13.9. The number of ketones is 1. The average Bonchev–Trinajstić information content (AvgIpc) is 3.18. The highest BCUT2D eigenvalue weighted by molar-refractivity contribution is 5.75. The fourth-order valence-electron chi connectivity index (χ4n) is 10.3. The summed E-state index contributed by atoms with van der Waals surface area (Å²) in [4.78, 5) is 30.8. The fraction of sp³-hybridized carbons (Fsp3) is 0.927. The van der Waals surface area contributed by atoms with Crippen LogP contribution < -0.4 is 0 Å². The third-order valence-corrected chi connectivity index (χ3v) is 13.9. The average molecular weight is 806 g/mol. The summed E-state index contributed by atoms with van der Waals surface area (Å²) in [6.45, 7) is 10.1. The van der Waals surface area contributed by atoms with E-state index in [0.29, 0.717) is 12.8 Å². The molecule has 0 aromatic heterocycles. The Morgan fingerprint density at radius 2 is 1.12 bits per heavy atom. The summed E-state index contributed by atoms with van der Waals surface area (Å²) in [5.74, 6) is -3.72. The van der Waals surface area contributed by atoms with Crippen LogP contribution in [0.5, 0.6) is 0 Å². The number of aldehydes is 1. The maximum absolute atomic E-state index is 12.2. The van der Waals surface area contributed by atoms with Crippen molar-refractivity contribution in [2.75, 3.05) is 53.4 Å². The van der Waals surface area contributed by atoms with Crippen molar-refractivity contribution in [1.29, 1.82) is 0 Å². The summed E-state index contributed by atoms with van der Waals surface area (Å²) in [6, 6.07) is 0. The standard InChI is InChI=1S/C40H70O14.CH2O/c1-6-23-7-20(2)30(37(48)33(23)44)17-53-15-28-10-26(13-42)32(39(50)34(28)45)19-54-16-29-11-25(12-41)31(38(49)35(29)46)18-52-14-27-9-24(8-21(3)43)36(47)40(51-5)22(27)4;1-2/h12,20,22-40,42,44-50H,6-11,13-19H2,1-5H3;1H2/p+1. The van der Waals surface area contributed by atoms with Gasteiger partial charge in [0.25, 0.3) is 6.79 Å². The summed E-state index contributed by atoms with van der Waals surface area (Å²) in [6.07, 6.45) is -3.98. The molecule has 4 saturated carbocycles. The maximum atomic E-state index is 12.2. The number of carbonyl (C=O) groups excluding carboxylic acids is 3. The lowest BCUT2D eigenvalue weighted by Crippen LogP contribution is -2.53. The Balaban J connectivity index is 0.00000414. The molecule has 15 heteroatoms. The number of carbonyl (C=O) groups is 2. The van der Waals surface area contributed by atoms with Crippen LogP contribution in [0, 0.1) is 71.0 Å². The molecule has 0 amide bonds. The van der Waals surface area contributed by atoms with Crippen LogP contribution in [-0.4, -0.2) is 167 Å². The van der Waals surface area contributed by atoms with Crippen molar-refractivity contribution in [3.63, 3.8) is 0 Å². The van der Waals surface area contributed by atoms with Gasteiger partial charge in [-0.1, -0.05) is 27.2 Å². The van der Waals surface area contributed by atoms with E-state index in [1.165, 1.54) is 14.0 Å². The zero-order valence-corrected chi connectivity index (χ0v) is 34.0. The minimum atomic E-state index is -1.26. The molecule has 0 spiro atoms. The fourth-order valence-corrected chi connectivity index (χ4v) is 10.3. The van der Waals surface area contributed by atoms with Gasteiger partial charge in [-0.3, -0.25) is 4.79 Å². The molecule has 56 heavy (non-hydrogen) atoms. The summed E-state index contributed by atoms with van der Waals surface area (Å²) >= 11 is 0. The molecule has 20 unspecified atom stereocenters. The molecule has 4 rings (SSSR count). The van der Waals surface area contributed by atoms with Crippen LogP contribution in [0.1, 0.15) is 66.2 Å². The Labute approximate surface area is 332 Å². The van der Waals surface area contributed by atoms with Crippen molar-refractivity contribution >= 4 is 18.9 Å². The molecule has 4 aliphatic rings. The molecule has 0 aromatic carbocycles. The molecule has 0 radical (unpaired) electrons. The van der Waals surface area contributed by atoms with E-state index < -0.39 is 84.3 Å². The van der Waals surface area contributed by atoms with E-state index in [9.17, 15) is 50.4 Å². The predicted molar refractivity (Wildman–Crippen MR) is 205 cm³/mol. The van der Waals surface area contributed by atoms with Crippen LogP contribution in [0.4, 0.5) is 0 Å². The highest BCUT2D eigenvalue weighted by atomic mass is 16.5. The van der Waals surface area contributed by atoms with E-state index in [2.05, 4.69) is 6.79 Å². The number of aliphatic hydroxyl groups is 8. The second kappa shape index (κ2) is 23.4. The van der Waals surface area contributed by atoms with Crippen LogP contribution >= 0.6 is 0 Å². The summed E-state index contributed by atoms with van der Waals surface area (Å²) in [5.41, 5.74) is 0. The number of Topliss-reactive ketones (excluding diaryl/α,β-unsaturated/α-hetero) is 1. The Hall–Kier alpha value is -1.47. The molecule has 4 aliphatic carbocycles. The van der Waals surface area contributed by atoms with Gasteiger partial charge in [0.05, 0.1) is 81.9 Å². The summed E-state index contributed by atoms with van der Waals surface area (Å²) < 4.78 is 23.5. The second-order valence-corrected chi connectivity index (χ2v) is 17.4. The largest absolute Gasteiger partial charge is 0.396 e. The summed E-state index contributed by atoms with van der Waals surface area (Å²) in [7, 11) is 1.53. The molecule has 9 N–H and O–H groups in total. The van der Waals surface area contributed by atoms with Crippen molar-refractivity contribution in [3.8, 4) is 0 Å². The number of methoxy groups -OCH3 is 1. The lowest BCUT2D eigenvalue weighted by atomic mass is 9.70. The normalized spacial score (nSPS) is 44.4. The smallest absolute Gasteiger partial charge is 0.270 e. The third kappa shape index (κ3) is 11.8. The Morgan fingerprint density at radius 3 is 1.66 bits per heavy atom.